The van der Waals surface area contributed by atoms with E-state index in [1.54, 1.807) is 25.1 Å². The Kier molecular flexibility index (Phi) is 4.63. The summed E-state index contributed by atoms with van der Waals surface area (Å²) in [7, 11) is 0. The predicted molar refractivity (Wildman–Crippen MR) is 78.9 cm³/mol. The summed E-state index contributed by atoms with van der Waals surface area (Å²) in [5, 5.41) is 5.55. The minimum Gasteiger partial charge on any atom is -0.348 e. The fourth-order valence-corrected chi connectivity index (χ4v) is 2.19. The Labute approximate surface area is 121 Å². The molecule has 1 amide bonds. The van der Waals surface area contributed by atoms with Crippen LogP contribution in [0.1, 0.15) is 21.8 Å². The zero-order valence-corrected chi connectivity index (χ0v) is 12.1. The van der Waals surface area contributed by atoms with E-state index in [1.807, 2.05) is 12.3 Å². The Balaban J connectivity index is 1.88. The molecule has 1 aromatic carbocycles. The van der Waals surface area contributed by atoms with Gasteiger partial charge in [0, 0.05) is 18.0 Å². The van der Waals surface area contributed by atoms with Gasteiger partial charge >= 0.3 is 0 Å². The van der Waals surface area contributed by atoms with E-state index in [4.69, 9.17) is 0 Å². The standard InChI is InChI=1S/C15H15FN2OS/c1-10-3-4-12(7-14(10)16)8-17-15(19)6-5-13-9-20-11(2)18-13/h3-7,9H,8H2,1-2H3,(H,17,19)/b6-5+. The largest absolute Gasteiger partial charge is 0.348 e. The van der Waals surface area contributed by atoms with Crippen molar-refractivity contribution in [1.29, 1.82) is 0 Å². The molecule has 0 fully saturated rings. The molecule has 0 unspecified atom stereocenters. The number of nitrogens with one attached hydrogen (secondary N) is 1. The monoisotopic (exact) mass is 290 g/mol. The van der Waals surface area contributed by atoms with Crippen molar-refractivity contribution in [2.75, 3.05) is 0 Å². The van der Waals surface area contributed by atoms with Crippen LogP contribution >= 0.6 is 11.3 Å². The van der Waals surface area contributed by atoms with Crippen molar-refractivity contribution in [2.45, 2.75) is 20.4 Å². The van der Waals surface area contributed by atoms with Crippen LogP contribution in [-0.4, -0.2) is 10.9 Å². The highest BCUT2D eigenvalue weighted by atomic mass is 32.1. The third-order valence-electron chi connectivity index (χ3n) is 2.75. The lowest BCUT2D eigenvalue weighted by atomic mass is 10.1. The maximum Gasteiger partial charge on any atom is 0.244 e. The van der Waals surface area contributed by atoms with Gasteiger partial charge < -0.3 is 5.32 Å². The summed E-state index contributed by atoms with van der Waals surface area (Å²) in [4.78, 5) is 15.9. The SMILES string of the molecule is Cc1nc(/C=C/C(=O)NCc2ccc(C)c(F)c2)cs1. The van der Waals surface area contributed by atoms with Gasteiger partial charge in [-0.25, -0.2) is 9.37 Å². The van der Waals surface area contributed by atoms with E-state index < -0.39 is 0 Å². The lowest BCUT2D eigenvalue weighted by Crippen LogP contribution is -2.20. The number of carbonyl (C=O) groups excluding carboxylic acids is 1. The topological polar surface area (TPSA) is 42.0 Å². The van der Waals surface area contributed by atoms with Crippen LogP contribution in [-0.2, 0) is 11.3 Å². The summed E-state index contributed by atoms with van der Waals surface area (Å²) in [6.07, 6.45) is 3.09. The molecular weight excluding hydrogens is 275 g/mol. The molecule has 0 saturated carbocycles. The number of hydrogen-bond acceptors (Lipinski definition) is 3. The van der Waals surface area contributed by atoms with Crippen molar-refractivity contribution >= 4 is 23.3 Å². The van der Waals surface area contributed by atoms with Gasteiger partial charge in [-0.1, -0.05) is 12.1 Å². The average Bonchev–Trinajstić information content (AvgIpc) is 2.83. The molecule has 0 radical (unpaired) electrons. The fourth-order valence-electron chi connectivity index (χ4n) is 1.61. The first-order valence-electron chi connectivity index (χ1n) is 6.17. The van der Waals surface area contributed by atoms with Crippen LogP contribution in [0.25, 0.3) is 6.08 Å². The first-order valence-corrected chi connectivity index (χ1v) is 7.05. The zero-order chi connectivity index (χ0) is 14.5. The molecule has 3 nitrogen and oxygen atoms in total. The molecule has 0 aliphatic rings. The summed E-state index contributed by atoms with van der Waals surface area (Å²) < 4.78 is 13.3. The molecule has 1 N–H and O–H groups in total. The minimum absolute atomic E-state index is 0.225. The van der Waals surface area contributed by atoms with E-state index in [9.17, 15) is 9.18 Å². The number of nitrogens with zero attached hydrogens (tertiary/aromatic N) is 1. The molecule has 0 aliphatic heterocycles. The minimum atomic E-state index is -0.259. The smallest absolute Gasteiger partial charge is 0.244 e. The van der Waals surface area contributed by atoms with Crippen molar-refractivity contribution in [3.63, 3.8) is 0 Å². The van der Waals surface area contributed by atoms with Crippen LogP contribution in [0.2, 0.25) is 0 Å². The lowest BCUT2D eigenvalue weighted by molar-refractivity contribution is -0.116. The number of benzene rings is 1. The molecule has 104 valence electrons. The highest BCUT2D eigenvalue weighted by Crippen LogP contribution is 2.10. The number of aryl methyl sites for hydroxylation is 2. The summed E-state index contributed by atoms with van der Waals surface area (Å²) in [5.74, 6) is -0.484. The van der Waals surface area contributed by atoms with E-state index in [0.717, 1.165) is 16.3 Å². The number of amides is 1. The molecule has 2 aromatic rings. The van der Waals surface area contributed by atoms with Crippen LogP contribution in [0, 0.1) is 19.7 Å². The van der Waals surface area contributed by atoms with Gasteiger partial charge in [-0.2, -0.15) is 0 Å². The Morgan fingerprint density at radius 1 is 1.45 bits per heavy atom. The van der Waals surface area contributed by atoms with Crippen LogP contribution in [0.5, 0.6) is 0 Å². The first kappa shape index (κ1) is 14.4. The van der Waals surface area contributed by atoms with Crippen molar-refractivity contribution in [2.24, 2.45) is 0 Å². The second kappa shape index (κ2) is 6.43. The zero-order valence-electron chi connectivity index (χ0n) is 11.3. The molecule has 1 heterocycles. The third kappa shape index (κ3) is 3.99. The fraction of sp³-hybridized carbons (Fsp3) is 0.200. The molecule has 2 rings (SSSR count). The van der Waals surface area contributed by atoms with Crippen LogP contribution in [0.4, 0.5) is 4.39 Å². The number of halogens is 1. The molecule has 20 heavy (non-hydrogen) atoms. The summed E-state index contributed by atoms with van der Waals surface area (Å²) in [6.45, 7) is 3.92. The second-order valence-electron chi connectivity index (χ2n) is 4.43. The number of thiazole rings is 1. The van der Waals surface area contributed by atoms with Crippen LogP contribution in [0.15, 0.2) is 29.7 Å². The van der Waals surface area contributed by atoms with E-state index in [0.29, 0.717) is 12.1 Å². The Morgan fingerprint density at radius 3 is 2.90 bits per heavy atom. The van der Waals surface area contributed by atoms with Gasteiger partial charge in [-0.15, -0.1) is 11.3 Å². The number of carbonyl (C=O) groups is 1. The molecule has 0 aliphatic carbocycles. The van der Waals surface area contributed by atoms with Gasteiger partial charge in [0.15, 0.2) is 0 Å². The second-order valence-corrected chi connectivity index (χ2v) is 5.49. The molecule has 0 saturated heterocycles. The van der Waals surface area contributed by atoms with E-state index in [1.165, 1.54) is 23.5 Å². The number of hydrogen-bond donors (Lipinski definition) is 1. The van der Waals surface area contributed by atoms with Gasteiger partial charge in [-0.3, -0.25) is 4.79 Å². The molecule has 0 atom stereocenters. The Hall–Kier alpha value is -2.01. The molecule has 5 heteroatoms. The van der Waals surface area contributed by atoms with E-state index in [-0.39, 0.29) is 11.7 Å². The maximum absolute atomic E-state index is 13.3. The highest BCUT2D eigenvalue weighted by Gasteiger charge is 2.01. The van der Waals surface area contributed by atoms with Gasteiger partial charge in [-0.05, 0) is 37.1 Å². The van der Waals surface area contributed by atoms with Crippen molar-refractivity contribution in [1.82, 2.24) is 10.3 Å². The van der Waals surface area contributed by atoms with Crippen LogP contribution < -0.4 is 5.32 Å². The predicted octanol–water partition coefficient (Wildman–Crippen LogP) is 3.23. The van der Waals surface area contributed by atoms with Gasteiger partial charge in [0.1, 0.15) is 5.82 Å². The lowest BCUT2D eigenvalue weighted by Gasteiger charge is -2.04. The maximum atomic E-state index is 13.3. The Morgan fingerprint density at radius 2 is 2.25 bits per heavy atom. The third-order valence-corrected chi connectivity index (χ3v) is 3.54. The molecular formula is C15H15FN2OS. The number of aromatic nitrogens is 1. The average molecular weight is 290 g/mol. The van der Waals surface area contributed by atoms with Crippen molar-refractivity contribution < 1.29 is 9.18 Å². The van der Waals surface area contributed by atoms with Crippen LogP contribution in [0.3, 0.4) is 0 Å². The van der Waals surface area contributed by atoms with Gasteiger partial charge in [0.25, 0.3) is 0 Å². The van der Waals surface area contributed by atoms with Crippen molar-refractivity contribution in [3.05, 3.63) is 57.3 Å². The van der Waals surface area contributed by atoms with Crippen molar-refractivity contribution in [3.8, 4) is 0 Å². The highest BCUT2D eigenvalue weighted by molar-refractivity contribution is 7.09. The van der Waals surface area contributed by atoms with E-state index in [2.05, 4.69) is 10.3 Å². The number of rotatable bonds is 4. The Bertz CT molecular complexity index is 649. The quantitative estimate of drug-likeness (QED) is 0.878. The first-order chi connectivity index (χ1) is 9.54. The van der Waals surface area contributed by atoms with E-state index >= 15 is 0 Å². The molecule has 0 bridgehead atoms. The summed E-state index contributed by atoms with van der Waals surface area (Å²) in [6, 6.07) is 4.93. The molecule has 0 spiro atoms. The van der Waals surface area contributed by atoms with Gasteiger partial charge in [0.05, 0.1) is 10.7 Å². The molecule has 1 aromatic heterocycles. The summed E-state index contributed by atoms with van der Waals surface area (Å²) >= 11 is 1.53. The normalized spacial score (nSPS) is 10.9. The summed E-state index contributed by atoms with van der Waals surface area (Å²) in [5.41, 5.74) is 2.10. The van der Waals surface area contributed by atoms with Gasteiger partial charge in [0.2, 0.25) is 5.91 Å².